The maximum atomic E-state index is 12.8. The zero-order chi connectivity index (χ0) is 20.6. The molecule has 0 saturated carbocycles. The summed E-state index contributed by atoms with van der Waals surface area (Å²) in [5.74, 6) is 0.0522. The van der Waals surface area contributed by atoms with Gasteiger partial charge in [-0.1, -0.05) is 53.3 Å². The summed E-state index contributed by atoms with van der Waals surface area (Å²) in [5, 5.41) is 0.679. The normalized spacial score (nSPS) is 16.4. The molecule has 0 N–H and O–H groups in total. The standard InChI is InChI=1S/C22H26N2O3S2/c1-15-5-4-6-18(13-15)14-29(25,26)24-11-9-19(10-12-24)27-22-23-20-16(2)7-8-17(3)21(20)28-22/h4-8,13,19H,9-12,14H2,1-3H3. The van der Waals surface area contributed by atoms with E-state index >= 15 is 0 Å². The predicted octanol–water partition coefficient (Wildman–Crippen LogP) is 4.59. The number of ether oxygens (including phenoxy) is 1. The molecule has 0 unspecified atom stereocenters. The predicted molar refractivity (Wildman–Crippen MR) is 118 cm³/mol. The van der Waals surface area contributed by atoms with Crippen molar-refractivity contribution in [1.82, 2.24) is 9.29 Å². The van der Waals surface area contributed by atoms with Crippen molar-refractivity contribution in [3.63, 3.8) is 0 Å². The summed E-state index contributed by atoms with van der Waals surface area (Å²) in [5.41, 5.74) is 5.27. The average molecular weight is 431 g/mol. The summed E-state index contributed by atoms with van der Waals surface area (Å²) >= 11 is 1.58. The third-order valence-corrected chi connectivity index (χ3v) is 8.35. The van der Waals surface area contributed by atoms with Gasteiger partial charge in [0.15, 0.2) is 0 Å². The molecule has 2 heterocycles. The number of aromatic nitrogens is 1. The number of hydrogen-bond donors (Lipinski definition) is 0. The minimum Gasteiger partial charge on any atom is -0.467 e. The third kappa shape index (κ3) is 4.47. The molecule has 2 aromatic carbocycles. The van der Waals surface area contributed by atoms with E-state index in [1.54, 1.807) is 15.6 Å². The Morgan fingerprint density at radius 3 is 2.52 bits per heavy atom. The van der Waals surface area contributed by atoms with Crippen LogP contribution in [-0.4, -0.2) is 36.9 Å². The molecular formula is C22H26N2O3S2. The van der Waals surface area contributed by atoms with E-state index in [4.69, 9.17) is 4.74 Å². The lowest BCUT2D eigenvalue weighted by molar-refractivity contribution is 0.135. The zero-order valence-corrected chi connectivity index (χ0v) is 18.6. The van der Waals surface area contributed by atoms with Crippen LogP contribution in [0.4, 0.5) is 0 Å². The summed E-state index contributed by atoms with van der Waals surface area (Å²) in [6, 6.07) is 11.9. The first-order chi connectivity index (χ1) is 13.8. The number of piperidine rings is 1. The number of nitrogens with zero attached hydrogens (tertiary/aromatic N) is 2. The van der Waals surface area contributed by atoms with Gasteiger partial charge in [0.05, 0.1) is 16.0 Å². The van der Waals surface area contributed by atoms with Gasteiger partial charge in [0.1, 0.15) is 6.10 Å². The lowest BCUT2D eigenvalue weighted by Gasteiger charge is -2.30. The fourth-order valence-electron chi connectivity index (χ4n) is 3.76. The highest BCUT2D eigenvalue weighted by atomic mass is 32.2. The van der Waals surface area contributed by atoms with E-state index in [9.17, 15) is 8.42 Å². The number of rotatable bonds is 5. The minimum absolute atomic E-state index is 0.00148. The molecule has 0 aliphatic carbocycles. The monoisotopic (exact) mass is 430 g/mol. The van der Waals surface area contributed by atoms with Crippen molar-refractivity contribution in [2.45, 2.75) is 45.5 Å². The van der Waals surface area contributed by atoms with Crippen molar-refractivity contribution < 1.29 is 13.2 Å². The second-order valence-corrected chi connectivity index (χ2v) is 10.7. The van der Waals surface area contributed by atoms with Crippen molar-refractivity contribution >= 4 is 31.6 Å². The second-order valence-electron chi connectivity index (χ2n) is 7.82. The molecule has 1 aromatic heterocycles. The number of benzene rings is 2. The van der Waals surface area contributed by atoms with E-state index in [1.165, 1.54) is 5.56 Å². The van der Waals surface area contributed by atoms with Crippen molar-refractivity contribution in [2.24, 2.45) is 0 Å². The molecular weight excluding hydrogens is 404 g/mol. The molecule has 1 aliphatic heterocycles. The van der Waals surface area contributed by atoms with Crippen LogP contribution in [0, 0.1) is 20.8 Å². The van der Waals surface area contributed by atoms with E-state index in [2.05, 4.69) is 31.0 Å². The molecule has 0 atom stereocenters. The van der Waals surface area contributed by atoms with Crippen molar-refractivity contribution in [3.05, 3.63) is 58.7 Å². The molecule has 1 aliphatic rings. The van der Waals surface area contributed by atoms with E-state index in [1.807, 2.05) is 31.2 Å². The highest BCUT2D eigenvalue weighted by molar-refractivity contribution is 7.88. The molecule has 0 spiro atoms. The number of hydrogen-bond acceptors (Lipinski definition) is 5. The highest BCUT2D eigenvalue weighted by Gasteiger charge is 2.29. The first-order valence-electron chi connectivity index (χ1n) is 9.88. The maximum absolute atomic E-state index is 12.8. The van der Waals surface area contributed by atoms with Crippen LogP contribution >= 0.6 is 11.3 Å². The number of fused-ring (bicyclic) bond motifs is 1. The first-order valence-corrected chi connectivity index (χ1v) is 12.3. The van der Waals surface area contributed by atoms with Crippen LogP contribution < -0.4 is 4.74 Å². The topological polar surface area (TPSA) is 59.5 Å². The molecule has 4 rings (SSSR count). The van der Waals surface area contributed by atoms with Gasteiger partial charge in [0.2, 0.25) is 10.0 Å². The molecule has 0 radical (unpaired) electrons. The van der Waals surface area contributed by atoms with Gasteiger partial charge in [0.25, 0.3) is 5.19 Å². The molecule has 0 amide bonds. The quantitative estimate of drug-likeness (QED) is 0.594. The molecule has 29 heavy (non-hydrogen) atoms. The van der Waals surface area contributed by atoms with Crippen LogP contribution in [0.5, 0.6) is 5.19 Å². The lowest BCUT2D eigenvalue weighted by atomic mass is 10.1. The lowest BCUT2D eigenvalue weighted by Crippen LogP contribution is -2.42. The number of aryl methyl sites for hydroxylation is 3. The van der Waals surface area contributed by atoms with Crippen LogP contribution in [0.25, 0.3) is 10.2 Å². The molecule has 7 heteroatoms. The van der Waals surface area contributed by atoms with Crippen molar-refractivity contribution in [1.29, 1.82) is 0 Å². The number of thiazole rings is 1. The second kappa shape index (κ2) is 8.05. The van der Waals surface area contributed by atoms with Gasteiger partial charge >= 0.3 is 0 Å². The Kier molecular flexibility index (Phi) is 5.64. The average Bonchev–Trinajstić information content (AvgIpc) is 3.10. The zero-order valence-electron chi connectivity index (χ0n) is 17.0. The van der Waals surface area contributed by atoms with Gasteiger partial charge in [-0.05, 0) is 50.3 Å². The van der Waals surface area contributed by atoms with Gasteiger partial charge < -0.3 is 4.74 Å². The van der Waals surface area contributed by atoms with E-state index in [0.717, 1.165) is 26.9 Å². The summed E-state index contributed by atoms with van der Waals surface area (Å²) in [4.78, 5) is 4.66. The molecule has 1 saturated heterocycles. The SMILES string of the molecule is Cc1cccc(CS(=O)(=O)N2CCC(Oc3nc4c(C)ccc(C)c4s3)CC2)c1. The van der Waals surface area contributed by atoms with Gasteiger partial charge in [-0.3, -0.25) is 0 Å². The third-order valence-electron chi connectivity index (χ3n) is 5.42. The van der Waals surface area contributed by atoms with Crippen LogP contribution in [0.2, 0.25) is 0 Å². The summed E-state index contributed by atoms with van der Waals surface area (Å²) < 4.78 is 34.5. The highest BCUT2D eigenvalue weighted by Crippen LogP contribution is 2.33. The first kappa shape index (κ1) is 20.3. The Hall–Kier alpha value is -1.96. The summed E-state index contributed by atoms with van der Waals surface area (Å²) in [7, 11) is -3.32. The minimum atomic E-state index is -3.32. The Morgan fingerprint density at radius 1 is 1.10 bits per heavy atom. The smallest absolute Gasteiger partial charge is 0.274 e. The van der Waals surface area contributed by atoms with Crippen molar-refractivity contribution in [3.8, 4) is 5.19 Å². The molecule has 0 bridgehead atoms. The fourth-order valence-corrected chi connectivity index (χ4v) is 6.34. The Balaban J connectivity index is 1.39. The molecule has 5 nitrogen and oxygen atoms in total. The Morgan fingerprint density at radius 2 is 1.83 bits per heavy atom. The van der Waals surface area contributed by atoms with E-state index < -0.39 is 10.0 Å². The maximum Gasteiger partial charge on any atom is 0.274 e. The Labute approximate surface area is 176 Å². The van der Waals surface area contributed by atoms with E-state index in [-0.39, 0.29) is 11.9 Å². The van der Waals surface area contributed by atoms with Gasteiger partial charge in [-0.15, -0.1) is 0 Å². The van der Waals surface area contributed by atoms with Crippen LogP contribution in [0.15, 0.2) is 36.4 Å². The fraction of sp³-hybridized carbons (Fsp3) is 0.409. The number of sulfonamides is 1. The van der Waals surface area contributed by atoms with Gasteiger partial charge in [-0.2, -0.15) is 0 Å². The van der Waals surface area contributed by atoms with E-state index in [0.29, 0.717) is 31.1 Å². The van der Waals surface area contributed by atoms with Gasteiger partial charge in [0, 0.05) is 13.1 Å². The van der Waals surface area contributed by atoms with Crippen LogP contribution in [0.3, 0.4) is 0 Å². The van der Waals surface area contributed by atoms with Crippen molar-refractivity contribution in [2.75, 3.05) is 13.1 Å². The largest absolute Gasteiger partial charge is 0.467 e. The summed E-state index contributed by atoms with van der Waals surface area (Å²) in [6.45, 7) is 7.09. The van der Waals surface area contributed by atoms with Crippen LogP contribution in [-0.2, 0) is 15.8 Å². The Bertz CT molecular complexity index is 1090. The van der Waals surface area contributed by atoms with Crippen LogP contribution in [0.1, 0.15) is 35.1 Å². The van der Waals surface area contributed by atoms with Gasteiger partial charge in [-0.25, -0.2) is 17.7 Å². The molecule has 154 valence electrons. The molecule has 1 fully saturated rings. The summed E-state index contributed by atoms with van der Waals surface area (Å²) in [6.07, 6.45) is 1.36. The molecule has 3 aromatic rings.